The summed E-state index contributed by atoms with van der Waals surface area (Å²) in [5.74, 6) is 2.19. The van der Waals surface area contributed by atoms with Crippen molar-refractivity contribution < 1.29 is 18.5 Å². The normalized spacial score (nSPS) is 13.4. The topological polar surface area (TPSA) is 78.4 Å². The SMILES string of the molecule is O=C1CCc2cc(OCc3nc(-c4ccco4)no3)ccc21. The lowest BCUT2D eigenvalue weighted by molar-refractivity contribution is 0.0994. The third-order valence-corrected chi connectivity index (χ3v) is 3.57. The highest BCUT2D eigenvalue weighted by molar-refractivity contribution is 6.00. The van der Waals surface area contributed by atoms with E-state index in [0.29, 0.717) is 29.6 Å². The maximum Gasteiger partial charge on any atom is 0.264 e. The minimum atomic E-state index is 0.167. The number of Topliss-reactive ketones (excluding diaryl/α,β-unsaturated/α-hetero) is 1. The molecule has 0 saturated heterocycles. The van der Waals surface area contributed by atoms with Gasteiger partial charge in [-0.25, -0.2) is 0 Å². The van der Waals surface area contributed by atoms with Gasteiger partial charge in [-0.2, -0.15) is 4.98 Å². The first-order chi connectivity index (χ1) is 10.8. The summed E-state index contributed by atoms with van der Waals surface area (Å²) < 4.78 is 16.0. The van der Waals surface area contributed by atoms with E-state index in [2.05, 4.69) is 10.1 Å². The van der Waals surface area contributed by atoms with Gasteiger partial charge in [0.2, 0.25) is 5.82 Å². The van der Waals surface area contributed by atoms with Crippen LogP contribution >= 0.6 is 0 Å². The standard InChI is InChI=1S/C16H12N2O4/c19-13-6-3-10-8-11(4-5-12(10)13)21-9-15-17-16(18-22-15)14-2-1-7-20-14/h1-2,4-5,7-8H,3,6,9H2. The quantitative estimate of drug-likeness (QED) is 0.736. The number of aromatic nitrogens is 2. The Balaban J connectivity index is 1.46. The van der Waals surface area contributed by atoms with E-state index in [9.17, 15) is 4.79 Å². The van der Waals surface area contributed by atoms with Crippen molar-refractivity contribution in [2.24, 2.45) is 0 Å². The Labute approximate surface area is 125 Å². The van der Waals surface area contributed by atoms with Crippen LogP contribution in [0.25, 0.3) is 11.6 Å². The van der Waals surface area contributed by atoms with Crippen LogP contribution in [0.1, 0.15) is 28.2 Å². The van der Waals surface area contributed by atoms with E-state index >= 15 is 0 Å². The smallest absolute Gasteiger partial charge is 0.264 e. The Morgan fingerprint density at radius 1 is 1.23 bits per heavy atom. The summed E-state index contributed by atoms with van der Waals surface area (Å²) in [5, 5.41) is 3.83. The van der Waals surface area contributed by atoms with Gasteiger partial charge in [-0.1, -0.05) is 5.16 Å². The number of benzene rings is 1. The summed E-state index contributed by atoms with van der Waals surface area (Å²) in [4.78, 5) is 15.8. The van der Waals surface area contributed by atoms with Crippen LogP contribution in [-0.4, -0.2) is 15.9 Å². The molecule has 6 nitrogen and oxygen atoms in total. The van der Waals surface area contributed by atoms with Crippen LogP contribution in [0.15, 0.2) is 45.5 Å². The zero-order valence-electron chi connectivity index (χ0n) is 11.6. The van der Waals surface area contributed by atoms with Gasteiger partial charge >= 0.3 is 0 Å². The maximum atomic E-state index is 11.6. The molecule has 0 N–H and O–H groups in total. The molecule has 2 aromatic heterocycles. The van der Waals surface area contributed by atoms with Crippen molar-refractivity contribution >= 4 is 5.78 Å². The second-order valence-corrected chi connectivity index (χ2v) is 5.02. The average Bonchev–Trinajstić information content (AvgIpc) is 3.26. The third-order valence-electron chi connectivity index (χ3n) is 3.57. The van der Waals surface area contributed by atoms with Gasteiger partial charge in [0, 0.05) is 12.0 Å². The Morgan fingerprint density at radius 3 is 3.05 bits per heavy atom. The van der Waals surface area contributed by atoms with E-state index in [1.54, 1.807) is 24.5 Å². The average molecular weight is 296 g/mol. The molecule has 0 amide bonds. The lowest BCUT2D eigenvalue weighted by atomic mass is 10.1. The van der Waals surface area contributed by atoms with Gasteiger partial charge in [-0.15, -0.1) is 0 Å². The van der Waals surface area contributed by atoms with Crippen molar-refractivity contribution in [1.29, 1.82) is 0 Å². The van der Waals surface area contributed by atoms with E-state index in [4.69, 9.17) is 13.7 Å². The van der Waals surface area contributed by atoms with Crippen LogP contribution in [0, 0.1) is 0 Å². The first kappa shape index (κ1) is 12.8. The van der Waals surface area contributed by atoms with Crippen LogP contribution in [0.4, 0.5) is 0 Å². The largest absolute Gasteiger partial charge is 0.484 e. The van der Waals surface area contributed by atoms with Gasteiger partial charge in [-0.05, 0) is 42.3 Å². The molecule has 0 unspecified atom stereocenters. The molecule has 22 heavy (non-hydrogen) atoms. The second kappa shape index (κ2) is 5.14. The summed E-state index contributed by atoms with van der Waals surface area (Å²) in [6, 6.07) is 9.00. The summed E-state index contributed by atoms with van der Waals surface area (Å²) in [5.41, 5.74) is 1.83. The van der Waals surface area contributed by atoms with Crippen LogP contribution in [-0.2, 0) is 13.0 Å². The lowest BCUT2D eigenvalue weighted by Crippen LogP contribution is -1.97. The number of carbonyl (C=O) groups is 1. The Morgan fingerprint density at radius 2 is 2.18 bits per heavy atom. The van der Waals surface area contributed by atoms with E-state index in [0.717, 1.165) is 17.5 Å². The molecule has 0 atom stereocenters. The summed E-state index contributed by atoms with van der Waals surface area (Å²) >= 11 is 0. The number of ether oxygens (including phenoxy) is 1. The second-order valence-electron chi connectivity index (χ2n) is 5.02. The van der Waals surface area contributed by atoms with Gasteiger partial charge in [0.15, 0.2) is 18.2 Å². The van der Waals surface area contributed by atoms with E-state index in [1.807, 2.05) is 12.1 Å². The molecule has 1 aliphatic rings. The molecule has 6 heteroatoms. The molecule has 0 radical (unpaired) electrons. The molecule has 1 aromatic carbocycles. The van der Waals surface area contributed by atoms with Gasteiger partial charge in [0.1, 0.15) is 5.75 Å². The number of hydrogen-bond donors (Lipinski definition) is 0. The fraction of sp³-hybridized carbons (Fsp3) is 0.188. The zero-order chi connectivity index (χ0) is 14.9. The Hall–Kier alpha value is -2.89. The van der Waals surface area contributed by atoms with Gasteiger partial charge in [0.25, 0.3) is 5.89 Å². The minimum absolute atomic E-state index is 0.167. The number of hydrogen-bond acceptors (Lipinski definition) is 6. The minimum Gasteiger partial charge on any atom is -0.484 e. The van der Waals surface area contributed by atoms with Gasteiger partial charge < -0.3 is 13.7 Å². The monoisotopic (exact) mass is 296 g/mol. The van der Waals surface area contributed by atoms with Crippen molar-refractivity contribution in [2.45, 2.75) is 19.4 Å². The Bertz CT molecular complexity index is 821. The summed E-state index contributed by atoms with van der Waals surface area (Å²) in [7, 11) is 0. The van der Waals surface area contributed by atoms with Gasteiger partial charge in [-0.3, -0.25) is 4.79 Å². The molecule has 0 saturated carbocycles. The molecule has 0 bridgehead atoms. The number of nitrogens with zero attached hydrogens (tertiary/aromatic N) is 2. The number of fused-ring (bicyclic) bond motifs is 1. The lowest BCUT2D eigenvalue weighted by Gasteiger charge is -2.05. The highest BCUT2D eigenvalue weighted by Gasteiger charge is 2.19. The highest BCUT2D eigenvalue weighted by Crippen LogP contribution is 2.26. The number of aryl methyl sites for hydroxylation is 1. The molecule has 0 spiro atoms. The van der Waals surface area contributed by atoms with Crippen molar-refractivity contribution in [2.75, 3.05) is 0 Å². The third kappa shape index (κ3) is 2.28. The molecule has 3 aromatic rings. The predicted octanol–water partition coefficient (Wildman–Crippen LogP) is 3.04. The van der Waals surface area contributed by atoms with E-state index in [1.165, 1.54) is 0 Å². The fourth-order valence-electron chi connectivity index (χ4n) is 2.49. The molecule has 4 rings (SSSR count). The van der Waals surface area contributed by atoms with Crippen molar-refractivity contribution in [3.05, 3.63) is 53.6 Å². The molecule has 0 aliphatic heterocycles. The van der Waals surface area contributed by atoms with E-state index in [-0.39, 0.29) is 12.4 Å². The first-order valence-corrected chi connectivity index (χ1v) is 6.95. The number of furan rings is 1. The first-order valence-electron chi connectivity index (χ1n) is 6.95. The molecule has 110 valence electrons. The van der Waals surface area contributed by atoms with Crippen molar-refractivity contribution in [3.63, 3.8) is 0 Å². The Kier molecular flexibility index (Phi) is 3.00. The van der Waals surface area contributed by atoms with Crippen LogP contribution in [0.5, 0.6) is 5.75 Å². The fourth-order valence-corrected chi connectivity index (χ4v) is 2.49. The molecule has 0 fully saturated rings. The van der Waals surface area contributed by atoms with Crippen LogP contribution < -0.4 is 4.74 Å². The number of ketones is 1. The molecular formula is C16H12N2O4. The van der Waals surface area contributed by atoms with Gasteiger partial charge in [0.05, 0.1) is 6.26 Å². The zero-order valence-corrected chi connectivity index (χ0v) is 11.6. The summed E-state index contributed by atoms with van der Waals surface area (Å²) in [6.45, 7) is 0.167. The van der Waals surface area contributed by atoms with Crippen LogP contribution in [0.3, 0.4) is 0 Å². The molecule has 2 heterocycles. The van der Waals surface area contributed by atoms with Crippen molar-refractivity contribution in [1.82, 2.24) is 10.1 Å². The predicted molar refractivity (Wildman–Crippen MR) is 75.4 cm³/mol. The molecular weight excluding hydrogens is 284 g/mol. The number of carbonyl (C=O) groups excluding carboxylic acids is 1. The maximum absolute atomic E-state index is 11.6. The highest BCUT2D eigenvalue weighted by atomic mass is 16.5. The van der Waals surface area contributed by atoms with Crippen molar-refractivity contribution in [3.8, 4) is 17.3 Å². The number of rotatable bonds is 4. The molecule has 1 aliphatic carbocycles. The van der Waals surface area contributed by atoms with E-state index < -0.39 is 0 Å². The van der Waals surface area contributed by atoms with Crippen LogP contribution in [0.2, 0.25) is 0 Å². The summed E-state index contributed by atoms with van der Waals surface area (Å²) in [6.07, 6.45) is 2.90.